The summed E-state index contributed by atoms with van der Waals surface area (Å²) in [6.45, 7) is 5.20. The van der Waals surface area contributed by atoms with Crippen molar-refractivity contribution in [2.24, 2.45) is 0 Å². The van der Waals surface area contributed by atoms with Gasteiger partial charge >= 0.3 is 0 Å². The van der Waals surface area contributed by atoms with Gasteiger partial charge < -0.3 is 18.9 Å². The number of rotatable bonds is 5. The molecule has 0 N–H and O–H groups in total. The molecule has 4 heteroatoms. The van der Waals surface area contributed by atoms with E-state index in [2.05, 4.69) is 0 Å². The number of hydrogen-bond acceptors (Lipinski definition) is 4. The predicted octanol–water partition coefficient (Wildman–Crippen LogP) is 5.23. The number of ether oxygens (including phenoxy) is 4. The molecule has 0 bridgehead atoms. The van der Waals surface area contributed by atoms with Gasteiger partial charge in [-0.05, 0) is 56.3 Å². The van der Waals surface area contributed by atoms with Crippen LogP contribution in [-0.2, 0) is 0 Å². The summed E-state index contributed by atoms with van der Waals surface area (Å²) in [5.74, 6) is 2.94. The zero-order valence-corrected chi connectivity index (χ0v) is 15.5. The van der Waals surface area contributed by atoms with E-state index in [0.29, 0.717) is 19.0 Å². The lowest BCUT2D eigenvalue weighted by atomic mass is 10.1. The molecule has 0 fully saturated rings. The van der Waals surface area contributed by atoms with Gasteiger partial charge in [-0.15, -0.1) is 0 Å². The maximum absolute atomic E-state index is 6.16. The van der Waals surface area contributed by atoms with Gasteiger partial charge in [-0.2, -0.15) is 0 Å². The number of benzene rings is 3. The lowest BCUT2D eigenvalue weighted by molar-refractivity contribution is 0.00343. The van der Waals surface area contributed by atoms with Gasteiger partial charge in [-0.1, -0.05) is 35.4 Å². The third-order valence-electron chi connectivity index (χ3n) is 4.37. The molecule has 138 valence electrons. The van der Waals surface area contributed by atoms with Crippen LogP contribution >= 0.6 is 0 Å². The highest BCUT2D eigenvalue weighted by molar-refractivity contribution is 5.44. The van der Waals surface area contributed by atoms with Crippen molar-refractivity contribution < 1.29 is 18.9 Å². The van der Waals surface area contributed by atoms with Crippen LogP contribution in [0.1, 0.15) is 23.0 Å². The summed E-state index contributed by atoms with van der Waals surface area (Å²) in [7, 11) is 0. The van der Waals surface area contributed by atoms with Crippen molar-refractivity contribution in [1.29, 1.82) is 0 Å². The molecular formula is C23H22O4. The Bertz CT molecular complexity index is 853. The van der Waals surface area contributed by atoms with E-state index in [-0.39, 0.29) is 0 Å². The summed E-state index contributed by atoms with van der Waals surface area (Å²) < 4.78 is 23.6. The largest absolute Gasteiger partial charge is 0.486 e. The number of fused-ring (bicyclic) bond motifs is 1. The van der Waals surface area contributed by atoms with Crippen LogP contribution in [0.3, 0.4) is 0 Å². The van der Waals surface area contributed by atoms with Gasteiger partial charge in [-0.3, -0.25) is 0 Å². The van der Waals surface area contributed by atoms with Crippen LogP contribution in [0.2, 0.25) is 0 Å². The van der Waals surface area contributed by atoms with E-state index < -0.39 is 6.29 Å². The van der Waals surface area contributed by atoms with Gasteiger partial charge in [0.25, 0.3) is 6.29 Å². The lowest BCUT2D eigenvalue weighted by Crippen LogP contribution is -2.18. The van der Waals surface area contributed by atoms with Crippen LogP contribution < -0.4 is 18.9 Å². The van der Waals surface area contributed by atoms with Gasteiger partial charge in [0, 0.05) is 5.56 Å². The van der Waals surface area contributed by atoms with Gasteiger partial charge in [0.2, 0.25) is 0 Å². The van der Waals surface area contributed by atoms with E-state index >= 15 is 0 Å². The number of aryl methyl sites for hydroxylation is 2. The third-order valence-corrected chi connectivity index (χ3v) is 4.37. The van der Waals surface area contributed by atoms with Crippen molar-refractivity contribution in [2.75, 3.05) is 13.2 Å². The van der Waals surface area contributed by atoms with Crippen molar-refractivity contribution in [1.82, 2.24) is 0 Å². The first kappa shape index (κ1) is 17.3. The van der Waals surface area contributed by atoms with Crippen molar-refractivity contribution >= 4 is 0 Å². The minimum atomic E-state index is -0.605. The van der Waals surface area contributed by atoms with Crippen molar-refractivity contribution in [2.45, 2.75) is 20.1 Å². The van der Waals surface area contributed by atoms with Crippen LogP contribution in [0.4, 0.5) is 0 Å². The first-order valence-corrected chi connectivity index (χ1v) is 9.03. The van der Waals surface area contributed by atoms with Crippen LogP contribution in [0.25, 0.3) is 0 Å². The second-order valence-electron chi connectivity index (χ2n) is 6.60. The summed E-state index contributed by atoms with van der Waals surface area (Å²) in [6, 6.07) is 21.6. The second-order valence-corrected chi connectivity index (χ2v) is 6.60. The summed E-state index contributed by atoms with van der Waals surface area (Å²) >= 11 is 0. The minimum absolute atomic E-state index is 0.540. The molecule has 3 aromatic rings. The molecule has 1 aliphatic heterocycles. The smallest absolute Gasteiger partial charge is 0.267 e. The Morgan fingerprint density at radius 2 is 1.19 bits per heavy atom. The van der Waals surface area contributed by atoms with Gasteiger partial charge in [0.05, 0.1) is 0 Å². The highest BCUT2D eigenvalue weighted by Crippen LogP contribution is 2.35. The molecule has 27 heavy (non-hydrogen) atoms. The molecule has 0 unspecified atom stereocenters. The quantitative estimate of drug-likeness (QED) is 0.582. The molecule has 4 nitrogen and oxygen atoms in total. The molecule has 3 aromatic carbocycles. The topological polar surface area (TPSA) is 36.9 Å². The average Bonchev–Trinajstić information content (AvgIpc) is 2.70. The Balaban J connectivity index is 1.64. The van der Waals surface area contributed by atoms with Crippen LogP contribution in [0, 0.1) is 13.8 Å². The molecule has 0 spiro atoms. The lowest BCUT2D eigenvalue weighted by Gasteiger charge is -2.24. The Kier molecular flexibility index (Phi) is 4.88. The molecule has 0 radical (unpaired) electrons. The molecular weight excluding hydrogens is 340 g/mol. The van der Waals surface area contributed by atoms with Gasteiger partial charge in [-0.25, -0.2) is 0 Å². The van der Waals surface area contributed by atoms with Crippen molar-refractivity contribution in [3.8, 4) is 23.0 Å². The van der Waals surface area contributed by atoms with E-state index in [9.17, 15) is 0 Å². The second kappa shape index (κ2) is 7.62. The molecule has 4 rings (SSSR count). The van der Waals surface area contributed by atoms with E-state index in [1.165, 1.54) is 11.1 Å². The summed E-state index contributed by atoms with van der Waals surface area (Å²) in [4.78, 5) is 0. The van der Waals surface area contributed by atoms with E-state index in [1.807, 2.05) is 80.6 Å². The highest BCUT2D eigenvalue weighted by atomic mass is 16.7. The maximum Gasteiger partial charge on any atom is 0.267 e. The molecule has 1 aliphatic rings. The minimum Gasteiger partial charge on any atom is -0.486 e. The van der Waals surface area contributed by atoms with Gasteiger partial charge in [0.15, 0.2) is 11.5 Å². The SMILES string of the molecule is Cc1ccc(OC(Oc2ccc(C)cc2)c2ccc3c(c2)OCCO3)cc1. The zero-order chi connectivity index (χ0) is 18.6. The molecule has 1 heterocycles. The van der Waals surface area contributed by atoms with E-state index in [4.69, 9.17) is 18.9 Å². The van der Waals surface area contributed by atoms with Crippen LogP contribution in [-0.4, -0.2) is 13.2 Å². The van der Waals surface area contributed by atoms with E-state index in [1.54, 1.807) is 0 Å². The normalized spacial score (nSPS) is 12.7. The molecule has 0 saturated heterocycles. The van der Waals surface area contributed by atoms with Crippen LogP contribution in [0.5, 0.6) is 23.0 Å². The van der Waals surface area contributed by atoms with Crippen molar-refractivity contribution in [3.63, 3.8) is 0 Å². The van der Waals surface area contributed by atoms with Crippen LogP contribution in [0.15, 0.2) is 66.7 Å². The highest BCUT2D eigenvalue weighted by Gasteiger charge is 2.20. The molecule has 0 saturated carbocycles. The standard InChI is InChI=1S/C23H22O4/c1-16-3-8-19(9-4-16)26-23(27-20-10-5-17(2)6-11-20)18-7-12-21-22(15-18)25-14-13-24-21/h3-12,15,23H,13-14H2,1-2H3. The summed E-state index contributed by atoms with van der Waals surface area (Å²) in [6.07, 6.45) is -0.605. The molecule has 0 amide bonds. The predicted molar refractivity (Wildman–Crippen MR) is 104 cm³/mol. The third kappa shape index (κ3) is 4.17. The Labute approximate surface area is 159 Å². The Morgan fingerprint density at radius 3 is 1.74 bits per heavy atom. The average molecular weight is 362 g/mol. The molecule has 0 aliphatic carbocycles. The van der Waals surface area contributed by atoms with Gasteiger partial charge in [0.1, 0.15) is 24.7 Å². The summed E-state index contributed by atoms with van der Waals surface area (Å²) in [5.41, 5.74) is 3.22. The number of hydrogen-bond donors (Lipinski definition) is 0. The first-order chi connectivity index (χ1) is 13.2. The Hall–Kier alpha value is -3.14. The fourth-order valence-corrected chi connectivity index (χ4v) is 2.85. The molecule has 0 atom stereocenters. The fraction of sp³-hybridized carbons (Fsp3) is 0.217. The summed E-state index contributed by atoms with van der Waals surface area (Å²) in [5, 5.41) is 0. The van der Waals surface area contributed by atoms with Crippen molar-refractivity contribution in [3.05, 3.63) is 83.4 Å². The maximum atomic E-state index is 6.16. The monoisotopic (exact) mass is 362 g/mol. The first-order valence-electron chi connectivity index (χ1n) is 9.03. The fourth-order valence-electron chi connectivity index (χ4n) is 2.85. The van der Waals surface area contributed by atoms with E-state index in [0.717, 1.165) is 22.8 Å². The Morgan fingerprint density at radius 1 is 0.667 bits per heavy atom. The molecule has 0 aromatic heterocycles. The zero-order valence-electron chi connectivity index (χ0n) is 15.5.